The third kappa shape index (κ3) is 1.70. The van der Waals surface area contributed by atoms with Crippen molar-refractivity contribution in [3.63, 3.8) is 0 Å². The molecule has 0 aromatic carbocycles. The molecule has 0 amide bonds. The van der Waals surface area contributed by atoms with Crippen LogP contribution in [0.25, 0.3) is 0 Å². The Kier molecular flexibility index (Phi) is 2.86. The molecule has 1 saturated carbocycles. The van der Waals surface area contributed by atoms with Gasteiger partial charge in [0.25, 0.3) is 0 Å². The first-order valence-corrected chi connectivity index (χ1v) is 3.96. The van der Waals surface area contributed by atoms with Crippen molar-refractivity contribution in [1.82, 2.24) is 5.06 Å². The van der Waals surface area contributed by atoms with Crippen LogP contribution < -0.4 is 0 Å². The first-order valence-electron chi connectivity index (χ1n) is 3.96. The van der Waals surface area contributed by atoms with Gasteiger partial charge in [0, 0.05) is 7.05 Å². The van der Waals surface area contributed by atoms with Gasteiger partial charge in [0.1, 0.15) is 0 Å². The summed E-state index contributed by atoms with van der Waals surface area (Å²) in [7, 11) is 3.53. The molecule has 0 aromatic rings. The highest BCUT2D eigenvalue weighted by atomic mass is 16.7. The summed E-state index contributed by atoms with van der Waals surface area (Å²) in [5.41, 5.74) is 0. The number of nitriles is 1. The van der Waals surface area contributed by atoms with Gasteiger partial charge in [-0.05, 0) is 12.8 Å². The van der Waals surface area contributed by atoms with Crippen molar-refractivity contribution in [2.24, 2.45) is 5.92 Å². The monoisotopic (exact) mass is 154 g/mol. The van der Waals surface area contributed by atoms with Crippen LogP contribution in [-0.4, -0.2) is 25.3 Å². The second-order valence-corrected chi connectivity index (χ2v) is 2.96. The summed E-state index contributed by atoms with van der Waals surface area (Å²) >= 11 is 0. The lowest BCUT2D eigenvalue weighted by Gasteiger charge is -2.23. The molecule has 0 heterocycles. The van der Waals surface area contributed by atoms with E-state index in [0.29, 0.717) is 6.04 Å². The smallest absolute Gasteiger partial charge is 0.0673 e. The Morgan fingerprint density at radius 2 is 2.27 bits per heavy atom. The molecule has 0 saturated heterocycles. The second kappa shape index (κ2) is 3.70. The maximum atomic E-state index is 8.75. The van der Waals surface area contributed by atoms with Crippen LogP contribution in [0.1, 0.15) is 19.3 Å². The van der Waals surface area contributed by atoms with Gasteiger partial charge in [-0.1, -0.05) is 6.42 Å². The molecule has 0 aromatic heterocycles. The van der Waals surface area contributed by atoms with E-state index in [1.807, 2.05) is 7.05 Å². The number of hydrogen-bond donors (Lipinski definition) is 0. The van der Waals surface area contributed by atoms with Gasteiger partial charge in [-0.15, -0.1) is 0 Å². The normalized spacial score (nSPS) is 30.7. The van der Waals surface area contributed by atoms with Crippen molar-refractivity contribution >= 4 is 0 Å². The largest absolute Gasteiger partial charge is 0.302 e. The van der Waals surface area contributed by atoms with Crippen molar-refractivity contribution in [1.29, 1.82) is 5.26 Å². The summed E-state index contributed by atoms with van der Waals surface area (Å²) in [6.45, 7) is 0. The molecule has 0 bridgehead atoms. The Hall–Kier alpha value is -0.590. The van der Waals surface area contributed by atoms with Crippen LogP contribution in [-0.2, 0) is 4.84 Å². The minimum absolute atomic E-state index is 0.167. The van der Waals surface area contributed by atoms with Crippen molar-refractivity contribution in [2.45, 2.75) is 25.3 Å². The Bertz CT molecular complexity index is 164. The fourth-order valence-electron chi connectivity index (χ4n) is 1.66. The number of hydrogen-bond acceptors (Lipinski definition) is 3. The summed E-state index contributed by atoms with van der Waals surface area (Å²) in [5.74, 6) is 0.167. The van der Waals surface area contributed by atoms with Gasteiger partial charge in [-0.25, -0.2) is 0 Å². The van der Waals surface area contributed by atoms with Gasteiger partial charge in [0.15, 0.2) is 0 Å². The van der Waals surface area contributed by atoms with Gasteiger partial charge in [-0.3, -0.25) is 0 Å². The van der Waals surface area contributed by atoms with Crippen LogP contribution in [0.4, 0.5) is 0 Å². The van der Waals surface area contributed by atoms with E-state index in [1.54, 1.807) is 12.2 Å². The van der Waals surface area contributed by atoms with Crippen LogP contribution in [0.15, 0.2) is 0 Å². The summed E-state index contributed by atoms with van der Waals surface area (Å²) < 4.78 is 0. The average molecular weight is 154 g/mol. The molecule has 1 fully saturated rings. The molecule has 0 spiro atoms. The minimum Gasteiger partial charge on any atom is -0.302 e. The Balaban J connectivity index is 2.51. The van der Waals surface area contributed by atoms with E-state index in [9.17, 15) is 0 Å². The van der Waals surface area contributed by atoms with E-state index in [0.717, 1.165) is 19.3 Å². The molecule has 1 rings (SSSR count). The predicted octanol–water partition coefficient (Wildman–Crippen LogP) is 1.17. The molecule has 0 radical (unpaired) electrons. The summed E-state index contributed by atoms with van der Waals surface area (Å²) in [4.78, 5) is 5.05. The molecule has 2 unspecified atom stereocenters. The van der Waals surface area contributed by atoms with E-state index < -0.39 is 0 Å². The molecular formula is C8H14N2O. The van der Waals surface area contributed by atoms with Crippen molar-refractivity contribution in [3.8, 4) is 6.07 Å². The van der Waals surface area contributed by atoms with Crippen LogP contribution in [0, 0.1) is 17.2 Å². The lowest BCUT2D eigenvalue weighted by Crippen LogP contribution is -2.33. The Labute approximate surface area is 67.5 Å². The third-order valence-corrected chi connectivity index (χ3v) is 2.40. The van der Waals surface area contributed by atoms with E-state index in [4.69, 9.17) is 10.1 Å². The number of nitrogens with zero attached hydrogens (tertiary/aromatic N) is 2. The first kappa shape index (κ1) is 8.51. The van der Waals surface area contributed by atoms with E-state index in [1.165, 1.54) is 0 Å². The summed E-state index contributed by atoms with van der Waals surface area (Å²) in [5, 5.41) is 10.5. The number of rotatable bonds is 2. The van der Waals surface area contributed by atoms with Gasteiger partial charge in [-0.2, -0.15) is 10.3 Å². The minimum atomic E-state index is 0.167. The highest BCUT2D eigenvalue weighted by Crippen LogP contribution is 2.28. The predicted molar refractivity (Wildman–Crippen MR) is 41.5 cm³/mol. The van der Waals surface area contributed by atoms with Gasteiger partial charge >= 0.3 is 0 Å². The van der Waals surface area contributed by atoms with Crippen molar-refractivity contribution in [2.75, 3.05) is 14.2 Å². The van der Waals surface area contributed by atoms with Gasteiger partial charge in [0.05, 0.1) is 25.1 Å². The molecule has 1 aliphatic carbocycles. The highest BCUT2D eigenvalue weighted by Gasteiger charge is 2.30. The van der Waals surface area contributed by atoms with Gasteiger partial charge in [0.2, 0.25) is 0 Å². The molecular weight excluding hydrogens is 140 g/mol. The Morgan fingerprint density at radius 1 is 1.55 bits per heavy atom. The fraction of sp³-hybridized carbons (Fsp3) is 0.875. The third-order valence-electron chi connectivity index (χ3n) is 2.40. The molecule has 0 aliphatic heterocycles. The highest BCUT2D eigenvalue weighted by molar-refractivity contribution is 4.95. The van der Waals surface area contributed by atoms with E-state index in [-0.39, 0.29) is 5.92 Å². The molecule has 3 nitrogen and oxygen atoms in total. The van der Waals surface area contributed by atoms with Crippen molar-refractivity contribution < 1.29 is 4.84 Å². The van der Waals surface area contributed by atoms with Crippen LogP contribution >= 0.6 is 0 Å². The lowest BCUT2D eigenvalue weighted by atomic mass is 10.1. The zero-order chi connectivity index (χ0) is 8.27. The zero-order valence-corrected chi connectivity index (χ0v) is 7.08. The molecule has 0 N–H and O–H groups in total. The molecule has 11 heavy (non-hydrogen) atoms. The summed E-state index contributed by atoms with van der Waals surface area (Å²) in [6, 6.07) is 2.62. The van der Waals surface area contributed by atoms with Crippen LogP contribution in [0.3, 0.4) is 0 Å². The van der Waals surface area contributed by atoms with E-state index in [2.05, 4.69) is 6.07 Å². The second-order valence-electron chi connectivity index (χ2n) is 2.96. The first-order chi connectivity index (χ1) is 5.29. The van der Waals surface area contributed by atoms with E-state index >= 15 is 0 Å². The Morgan fingerprint density at radius 3 is 2.82 bits per heavy atom. The zero-order valence-electron chi connectivity index (χ0n) is 7.08. The molecule has 1 aliphatic rings. The van der Waals surface area contributed by atoms with Crippen molar-refractivity contribution in [3.05, 3.63) is 0 Å². The molecule has 62 valence electrons. The van der Waals surface area contributed by atoms with Crippen LogP contribution in [0.5, 0.6) is 0 Å². The summed E-state index contributed by atoms with van der Waals surface area (Å²) in [6.07, 6.45) is 3.26. The SMILES string of the molecule is CON(C)C1CCCC1C#N. The number of hydroxylamine groups is 2. The topological polar surface area (TPSA) is 36.3 Å². The van der Waals surface area contributed by atoms with Gasteiger partial charge < -0.3 is 4.84 Å². The maximum Gasteiger partial charge on any atom is 0.0673 e. The lowest BCUT2D eigenvalue weighted by molar-refractivity contribution is -0.144. The average Bonchev–Trinajstić information content (AvgIpc) is 2.50. The quantitative estimate of drug-likeness (QED) is 0.560. The standard InChI is InChI=1S/C8H14N2O/c1-10(11-2)8-5-3-4-7(8)6-9/h7-8H,3-5H2,1-2H3. The van der Waals surface area contributed by atoms with Crippen LogP contribution in [0.2, 0.25) is 0 Å². The molecule has 2 atom stereocenters. The molecule has 3 heteroatoms. The fourth-order valence-corrected chi connectivity index (χ4v) is 1.66. The maximum absolute atomic E-state index is 8.75.